The van der Waals surface area contributed by atoms with E-state index in [0.29, 0.717) is 0 Å². The topological polar surface area (TPSA) is 0 Å². The molecule has 0 aliphatic carbocycles. The van der Waals surface area contributed by atoms with Gasteiger partial charge in [-0.1, -0.05) is 90.5 Å². The van der Waals surface area contributed by atoms with Gasteiger partial charge in [0.15, 0.2) is 0 Å². The van der Waals surface area contributed by atoms with Crippen LogP contribution in [0.15, 0.2) is 97.1 Å². The number of halogens is 3. The van der Waals surface area contributed by atoms with Gasteiger partial charge in [-0.2, -0.15) is 13.2 Å². The summed E-state index contributed by atoms with van der Waals surface area (Å²) >= 11 is 0. The largest absolute Gasteiger partial charge is 0.416 e. The van der Waals surface area contributed by atoms with Gasteiger partial charge in [-0.3, -0.25) is 0 Å². The van der Waals surface area contributed by atoms with Crippen molar-refractivity contribution in [1.82, 2.24) is 0 Å². The summed E-state index contributed by atoms with van der Waals surface area (Å²) in [5.74, 6) is 0. The van der Waals surface area contributed by atoms with Gasteiger partial charge in [0.05, 0.1) is 5.56 Å². The van der Waals surface area contributed by atoms with E-state index < -0.39 is 11.7 Å². The van der Waals surface area contributed by atoms with Gasteiger partial charge in [0.25, 0.3) is 0 Å². The third-order valence-corrected chi connectivity index (χ3v) is 5.03. The van der Waals surface area contributed by atoms with Crippen LogP contribution >= 0.6 is 0 Å². The van der Waals surface area contributed by atoms with Gasteiger partial charge in [0, 0.05) is 0 Å². The third-order valence-electron chi connectivity index (χ3n) is 5.03. The molecule has 0 aliphatic heterocycles. The molecule has 0 atom stereocenters. The molecule has 144 valence electrons. The summed E-state index contributed by atoms with van der Waals surface area (Å²) in [5.41, 5.74) is 6.76. The first-order valence-electron chi connectivity index (χ1n) is 9.35. The molecule has 0 fully saturated rings. The molecule has 0 nitrogen and oxygen atoms in total. The number of rotatable bonds is 3. The lowest BCUT2D eigenvalue weighted by atomic mass is 9.97. The average molecular weight is 388 g/mol. The van der Waals surface area contributed by atoms with Gasteiger partial charge in [-0.25, -0.2) is 0 Å². The monoisotopic (exact) mass is 388 g/mol. The van der Waals surface area contributed by atoms with Crippen molar-refractivity contribution >= 4 is 0 Å². The van der Waals surface area contributed by atoms with Crippen LogP contribution in [0.25, 0.3) is 33.4 Å². The molecule has 0 N–H and O–H groups in total. The highest BCUT2D eigenvalue weighted by atomic mass is 19.4. The molecule has 0 saturated carbocycles. The van der Waals surface area contributed by atoms with Gasteiger partial charge in [0.1, 0.15) is 0 Å². The fourth-order valence-electron chi connectivity index (χ4n) is 3.31. The van der Waals surface area contributed by atoms with Crippen LogP contribution in [0.4, 0.5) is 13.2 Å². The third kappa shape index (κ3) is 4.24. The van der Waals surface area contributed by atoms with Gasteiger partial charge in [0.2, 0.25) is 0 Å². The highest BCUT2D eigenvalue weighted by Gasteiger charge is 2.29. The van der Waals surface area contributed by atoms with Crippen LogP contribution in [-0.2, 0) is 6.18 Å². The second-order valence-electron chi connectivity index (χ2n) is 7.10. The summed E-state index contributed by atoms with van der Waals surface area (Å²) in [6.45, 7) is 2.07. The van der Waals surface area contributed by atoms with E-state index >= 15 is 0 Å². The zero-order valence-corrected chi connectivity index (χ0v) is 15.9. The predicted molar refractivity (Wildman–Crippen MR) is 112 cm³/mol. The first kappa shape index (κ1) is 19.0. The number of aryl methyl sites for hydroxylation is 1. The summed E-state index contributed by atoms with van der Waals surface area (Å²) in [7, 11) is 0. The molecule has 0 amide bonds. The molecular formula is C26H19F3. The van der Waals surface area contributed by atoms with E-state index in [0.717, 1.165) is 39.9 Å². The molecule has 0 aliphatic rings. The molecule has 0 unspecified atom stereocenters. The van der Waals surface area contributed by atoms with Crippen molar-refractivity contribution in [3.8, 4) is 33.4 Å². The van der Waals surface area contributed by atoms with E-state index in [9.17, 15) is 13.2 Å². The van der Waals surface area contributed by atoms with Crippen LogP contribution in [0.5, 0.6) is 0 Å². The van der Waals surface area contributed by atoms with Gasteiger partial charge >= 0.3 is 6.18 Å². The average Bonchev–Trinajstić information content (AvgIpc) is 2.74. The van der Waals surface area contributed by atoms with Crippen molar-refractivity contribution in [2.75, 3.05) is 0 Å². The van der Waals surface area contributed by atoms with Crippen molar-refractivity contribution in [1.29, 1.82) is 0 Å². The lowest BCUT2D eigenvalue weighted by molar-refractivity contribution is -0.137. The van der Waals surface area contributed by atoms with E-state index in [1.165, 1.54) is 23.3 Å². The van der Waals surface area contributed by atoms with Crippen LogP contribution in [0, 0.1) is 6.92 Å². The Balaban J connectivity index is 1.54. The van der Waals surface area contributed by atoms with E-state index in [1.807, 2.05) is 24.3 Å². The van der Waals surface area contributed by atoms with E-state index in [2.05, 4.69) is 55.5 Å². The number of alkyl halides is 3. The van der Waals surface area contributed by atoms with Crippen LogP contribution in [-0.4, -0.2) is 0 Å². The Kier molecular flexibility index (Phi) is 4.98. The molecule has 0 heterocycles. The summed E-state index contributed by atoms with van der Waals surface area (Å²) in [6, 6.07) is 29.9. The predicted octanol–water partition coefficient (Wildman–Crippen LogP) is 8.01. The standard InChI is InChI=1S/C26H19F3/c1-18-2-4-19(5-3-18)20-6-8-21(9-7-20)22-10-12-23(13-11-22)24-14-16-25(17-15-24)26(27,28)29/h2-17H,1H3. The minimum atomic E-state index is -4.31. The molecule has 3 heteroatoms. The quantitative estimate of drug-likeness (QED) is 0.333. The van der Waals surface area contributed by atoms with Crippen molar-refractivity contribution in [3.05, 3.63) is 108 Å². The maximum absolute atomic E-state index is 12.7. The molecular weight excluding hydrogens is 369 g/mol. The van der Waals surface area contributed by atoms with Crippen molar-refractivity contribution in [2.24, 2.45) is 0 Å². The molecule has 0 aromatic heterocycles. The Labute approximate surface area is 168 Å². The first-order chi connectivity index (χ1) is 13.9. The minimum Gasteiger partial charge on any atom is -0.166 e. The molecule has 0 radical (unpaired) electrons. The Morgan fingerprint density at radius 3 is 0.931 bits per heavy atom. The Bertz CT molecular complexity index is 1090. The lowest BCUT2D eigenvalue weighted by Gasteiger charge is -2.09. The second-order valence-corrected chi connectivity index (χ2v) is 7.10. The number of hydrogen-bond donors (Lipinski definition) is 0. The van der Waals surface area contributed by atoms with Crippen molar-refractivity contribution < 1.29 is 13.2 Å². The molecule has 0 spiro atoms. The molecule has 4 rings (SSSR count). The summed E-state index contributed by atoms with van der Waals surface area (Å²) in [4.78, 5) is 0. The van der Waals surface area contributed by atoms with E-state index in [-0.39, 0.29) is 0 Å². The smallest absolute Gasteiger partial charge is 0.166 e. The maximum Gasteiger partial charge on any atom is 0.416 e. The summed E-state index contributed by atoms with van der Waals surface area (Å²) in [6.07, 6.45) is -4.31. The highest BCUT2D eigenvalue weighted by Crippen LogP contribution is 2.32. The second kappa shape index (κ2) is 7.59. The van der Waals surface area contributed by atoms with Crippen LogP contribution < -0.4 is 0 Å². The summed E-state index contributed by atoms with van der Waals surface area (Å²) in [5, 5.41) is 0. The van der Waals surface area contributed by atoms with E-state index in [4.69, 9.17) is 0 Å². The first-order valence-corrected chi connectivity index (χ1v) is 9.35. The fourth-order valence-corrected chi connectivity index (χ4v) is 3.31. The van der Waals surface area contributed by atoms with Gasteiger partial charge in [-0.15, -0.1) is 0 Å². The van der Waals surface area contributed by atoms with Crippen molar-refractivity contribution in [3.63, 3.8) is 0 Å². The van der Waals surface area contributed by atoms with Crippen LogP contribution in [0.1, 0.15) is 11.1 Å². The van der Waals surface area contributed by atoms with Gasteiger partial charge in [-0.05, 0) is 52.4 Å². The molecule has 4 aromatic rings. The molecule has 0 bridgehead atoms. The Morgan fingerprint density at radius 1 is 0.414 bits per heavy atom. The molecule has 0 saturated heterocycles. The van der Waals surface area contributed by atoms with Crippen LogP contribution in [0.2, 0.25) is 0 Å². The SMILES string of the molecule is Cc1ccc(-c2ccc(-c3ccc(-c4ccc(C(F)(F)F)cc4)cc3)cc2)cc1. The number of hydrogen-bond acceptors (Lipinski definition) is 0. The Hall–Kier alpha value is -3.33. The number of benzene rings is 4. The molecule has 29 heavy (non-hydrogen) atoms. The zero-order chi connectivity index (χ0) is 20.4. The van der Waals surface area contributed by atoms with E-state index in [1.54, 1.807) is 0 Å². The fraction of sp³-hybridized carbons (Fsp3) is 0.0769. The lowest BCUT2D eigenvalue weighted by Crippen LogP contribution is -2.03. The Morgan fingerprint density at radius 2 is 0.655 bits per heavy atom. The van der Waals surface area contributed by atoms with Crippen molar-refractivity contribution in [2.45, 2.75) is 13.1 Å². The molecule has 4 aromatic carbocycles. The highest BCUT2D eigenvalue weighted by molar-refractivity contribution is 5.73. The minimum absolute atomic E-state index is 0.633. The zero-order valence-electron chi connectivity index (χ0n) is 15.9. The van der Waals surface area contributed by atoms with Crippen LogP contribution in [0.3, 0.4) is 0 Å². The maximum atomic E-state index is 12.7. The van der Waals surface area contributed by atoms with Gasteiger partial charge < -0.3 is 0 Å². The normalized spacial score (nSPS) is 11.4. The summed E-state index contributed by atoms with van der Waals surface area (Å²) < 4.78 is 38.2.